The largest absolute Gasteiger partial charge is 0.416 e. The van der Waals surface area contributed by atoms with Crippen molar-refractivity contribution in [3.05, 3.63) is 29.3 Å². The van der Waals surface area contributed by atoms with Crippen LogP contribution in [0.25, 0.3) is 0 Å². The topological polar surface area (TPSA) is 64.3 Å². The fraction of sp³-hybridized carbons (Fsp3) is 0.562. The Bertz CT molecular complexity index is 547. The molecule has 1 aliphatic rings. The fourth-order valence-electron chi connectivity index (χ4n) is 2.60. The Morgan fingerprint density at radius 3 is 2.62 bits per heavy atom. The van der Waals surface area contributed by atoms with Gasteiger partial charge in [-0.2, -0.15) is 13.2 Å². The molecule has 0 aliphatic carbocycles. The van der Waals surface area contributed by atoms with E-state index < -0.39 is 11.7 Å². The number of hydrogen-bond acceptors (Lipinski definition) is 3. The Kier molecular flexibility index (Phi) is 7.99. The van der Waals surface area contributed by atoms with E-state index in [1.54, 1.807) is 0 Å². The van der Waals surface area contributed by atoms with Crippen LogP contribution < -0.4 is 11.1 Å². The van der Waals surface area contributed by atoms with Gasteiger partial charge in [-0.15, -0.1) is 12.4 Å². The number of alkyl halides is 3. The van der Waals surface area contributed by atoms with Gasteiger partial charge in [-0.1, -0.05) is 0 Å². The molecule has 8 heteroatoms. The number of benzene rings is 1. The van der Waals surface area contributed by atoms with Crippen molar-refractivity contribution in [3.8, 4) is 0 Å². The van der Waals surface area contributed by atoms with Crippen LogP contribution in [0.2, 0.25) is 0 Å². The van der Waals surface area contributed by atoms with E-state index >= 15 is 0 Å². The molecule has 1 heterocycles. The lowest BCUT2D eigenvalue weighted by Crippen LogP contribution is -2.22. The summed E-state index contributed by atoms with van der Waals surface area (Å²) in [5, 5.41) is 2.52. The van der Waals surface area contributed by atoms with Gasteiger partial charge < -0.3 is 15.8 Å². The SMILES string of the molecule is Cl.NCc1cc(NC(=O)CCC2CCCCO2)cc(C(F)(F)F)c1. The molecule has 1 fully saturated rings. The van der Waals surface area contributed by atoms with E-state index in [0.717, 1.165) is 31.4 Å². The summed E-state index contributed by atoms with van der Waals surface area (Å²) in [6, 6.07) is 3.38. The third-order valence-corrected chi connectivity index (χ3v) is 3.81. The first-order valence-corrected chi connectivity index (χ1v) is 7.71. The molecule has 0 radical (unpaired) electrons. The monoisotopic (exact) mass is 366 g/mol. The minimum absolute atomic E-state index is 0. The Labute approximate surface area is 145 Å². The average Bonchev–Trinajstić information content (AvgIpc) is 2.52. The zero-order valence-electron chi connectivity index (χ0n) is 13.2. The molecule has 1 amide bonds. The maximum absolute atomic E-state index is 12.8. The molecule has 136 valence electrons. The van der Waals surface area contributed by atoms with Gasteiger partial charge in [0.25, 0.3) is 0 Å². The van der Waals surface area contributed by atoms with E-state index in [0.29, 0.717) is 18.6 Å². The molecule has 0 spiro atoms. The maximum Gasteiger partial charge on any atom is 0.416 e. The second kappa shape index (κ2) is 9.25. The van der Waals surface area contributed by atoms with E-state index in [1.807, 2.05) is 0 Å². The zero-order valence-corrected chi connectivity index (χ0v) is 14.0. The Morgan fingerprint density at radius 1 is 1.29 bits per heavy atom. The number of amides is 1. The molecule has 0 aromatic heterocycles. The van der Waals surface area contributed by atoms with Crippen molar-refractivity contribution < 1.29 is 22.7 Å². The molecule has 1 saturated heterocycles. The van der Waals surface area contributed by atoms with Gasteiger partial charge in [-0.3, -0.25) is 4.79 Å². The third-order valence-electron chi connectivity index (χ3n) is 3.81. The molecule has 24 heavy (non-hydrogen) atoms. The summed E-state index contributed by atoms with van der Waals surface area (Å²) in [6.45, 7) is 0.683. The molecule has 4 nitrogen and oxygen atoms in total. The first kappa shape index (κ1) is 20.7. The number of carbonyl (C=O) groups excluding carboxylic acids is 1. The Hall–Kier alpha value is -1.31. The van der Waals surface area contributed by atoms with Crippen molar-refractivity contribution in [2.75, 3.05) is 11.9 Å². The van der Waals surface area contributed by atoms with Crippen molar-refractivity contribution in [3.63, 3.8) is 0 Å². The lowest BCUT2D eigenvalue weighted by atomic mass is 10.0. The molecule has 3 N–H and O–H groups in total. The molecule has 1 unspecified atom stereocenters. The van der Waals surface area contributed by atoms with Crippen molar-refractivity contribution >= 4 is 24.0 Å². The van der Waals surface area contributed by atoms with Crippen LogP contribution in [-0.4, -0.2) is 18.6 Å². The highest BCUT2D eigenvalue weighted by Crippen LogP contribution is 2.32. The number of ether oxygens (including phenoxy) is 1. The smallest absolute Gasteiger partial charge is 0.378 e. The standard InChI is InChI=1S/C16H21F3N2O2.ClH/c17-16(18,19)12-7-11(10-20)8-13(9-12)21-15(22)5-4-14-3-1-2-6-23-14;/h7-9,14H,1-6,10,20H2,(H,21,22);1H. The van der Waals surface area contributed by atoms with Crippen LogP contribution in [0.1, 0.15) is 43.2 Å². The minimum atomic E-state index is -4.47. The summed E-state index contributed by atoms with van der Waals surface area (Å²) in [4.78, 5) is 11.9. The molecular formula is C16H22ClF3N2O2. The van der Waals surface area contributed by atoms with Gasteiger partial charge in [-0.05, 0) is 49.4 Å². The molecule has 0 saturated carbocycles. The van der Waals surface area contributed by atoms with Gasteiger partial charge in [-0.25, -0.2) is 0 Å². The zero-order chi connectivity index (χ0) is 16.9. The molecule has 1 aliphatic heterocycles. The van der Waals surface area contributed by atoms with Gasteiger partial charge in [0.15, 0.2) is 0 Å². The van der Waals surface area contributed by atoms with E-state index in [9.17, 15) is 18.0 Å². The average molecular weight is 367 g/mol. The van der Waals surface area contributed by atoms with Gasteiger partial charge in [0.2, 0.25) is 5.91 Å². The van der Waals surface area contributed by atoms with Crippen LogP contribution in [0.5, 0.6) is 0 Å². The van der Waals surface area contributed by atoms with Crippen LogP contribution in [-0.2, 0) is 22.3 Å². The van der Waals surface area contributed by atoms with Crippen LogP contribution in [0.4, 0.5) is 18.9 Å². The minimum Gasteiger partial charge on any atom is -0.378 e. The Balaban J connectivity index is 0.00000288. The van der Waals surface area contributed by atoms with Gasteiger partial charge in [0.1, 0.15) is 0 Å². The number of carbonyl (C=O) groups is 1. The first-order valence-electron chi connectivity index (χ1n) is 7.71. The highest BCUT2D eigenvalue weighted by molar-refractivity contribution is 5.90. The lowest BCUT2D eigenvalue weighted by Gasteiger charge is -2.22. The predicted molar refractivity (Wildman–Crippen MR) is 88.0 cm³/mol. The quantitative estimate of drug-likeness (QED) is 0.831. The van der Waals surface area contributed by atoms with Crippen molar-refractivity contribution in [2.24, 2.45) is 5.73 Å². The van der Waals surface area contributed by atoms with Crippen LogP contribution in [0.15, 0.2) is 18.2 Å². The van der Waals surface area contributed by atoms with E-state index in [4.69, 9.17) is 10.5 Å². The third kappa shape index (κ3) is 6.30. The van der Waals surface area contributed by atoms with Gasteiger partial charge in [0, 0.05) is 25.3 Å². The number of nitrogens with two attached hydrogens (primary N) is 1. The number of nitrogens with one attached hydrogen (secondary N) is 1. The summed E-state index contributed by atoms with van der Waals surface area (Å²) >= 11 is 0. The van der Waals surface area contributed by atoms with Crippen LogP contribution >= 0.6 is 12.4 Å². The lowest BCUT2D eigenvalue weighted by molar-refractivity contribution is -0.137. The molecule has 0 bridgehead atoms. The molecule has 1 atom stereocenters. The summed E-state index contributed by atoms with van der Waals surface area (Å²) in [6.07, 6.45) is -0.563. The normalized spacial score (nSPS) is 17.9. The number of anilines is 1. The van der Waals surface area contributed by atoms with Crippen LogP contribution in [0.3, 0.4) is 0 Å². The van der Waals surface area contributed by atoms with E-state index in [2.05, 4.69) is 5.32 Å². The van der Waals surface area contributed by atoms with E-state index in [1.165, 1.54) is 6.07 Å². The summed E-state index contributed by atoms with van der Waals surface area (Å²) in [5.41, 5.74) is 5.05. The van der Waals surface area contributed by atoms with Crippen molar-refractivity contribution in [1.29, 1.82) is 0 Å². The van der Waals surface area contributed by atoms with Crippen LogP contribution in [0, 0.1) is 0 Å². The first-order chi connectivity index (χ1) is 10.9. The Morgan fingerprint density at radius 2 is 2.04 bits per heavy atom. The number of halogens is 4. The molecule has 1 aromatic carbocycles. The highest BCUT2D eigenvalue weighted by Gasteiger charge is 2.31. The summed E-state index contributed by atoms with van der Waals surface area (Å²) < 4.78 is 44.1. The van der Waals surface area contributed by atoms with E-state index in [-0.39, 0.29) is 43.1 Å². The summed E-state index contributed by atoms with van der Waals surface area (Å²) in [7, 11) is 0. The number of hydrogen-bond donors (Lipinski definition) is 2. The second-order valence-corrected chi connectivity index (χ2v) is 5.70. The van der Waals surface area contributed by atoms with Crippen molar-refractivity contribution in [1.82, 2.24) is 0 Å². The fourth-order valence-corrected chi connectivity index (χ4v) is 2.60. The molecule has 1 aromatic rings. The summed E-state index contributed by atoms with van der Waals surface area (Å²) in [5.74, 6) is -0.318. The van der Waals surface area contributed by atoms with Crippen molar-refractivity contribution in [2.45, 2.75) is 50.9 Å². The predicted octanol–water partition coefficient (Wildman–Crippen LogP) is 3.87. The molecular weight excluding hydrogens is 345 g/mol. The van der Waals surface area contributed by atoms with Gasteiger partial charge >= 0.3 is 6.18 Å². The molecule has 2 rings (SSSR count). The maximum atomic E-state index is 12.8. The highest BCUT2D eigenvalue weighted by atomic mass is 35.5. The number of rotatable bonds is 5. The second-order valence-electron chi connectivity index (χ2n) is 5.70. The van der Waals surface area contributed by atoms with Gasteiger partial charge in [0.05, 0.1) is 11.7 Å².